The predicted molar refractivity (Wildman–Crippen MR) is 179 cm³/mol. The Morgan fingerprint density at radius 3 is 1.94 bits per heavy atom. The van der Waals surface area contributed by atoms with Crippen LogP contribution in [0.3, 0.4) is 0 Å². The van der Waals surface area contributed by atoms with Crippen molar-refractivity contribution in [3.05, 3.63) is 120 Å². The van der Waals surface area contributed by atoms with Crippen LogP contribution in [0.25, 0.3) is 0 Å². The van der Waals surface area contributed by atoms with E-state index in [1.807, 2.05) is 54.6 Å². The highest BCUT2D eigenvalue weighted by molar-refractivity contribution is 7.89. The number of sulfonamides is 1. The van der Waals surface area contributed by atoms with E-state index in [4.69, 9.17) is 18.9 Å². The lowest BCUT2D eigenvalue weighted by atomic mass is 10.0. The minimum Gasteiger partial charge on any atom is -0.497 e. The summed E-state index contributed by atoms with van der Waals surface area (Å²) in [5.41, 5.74) is 2.28. The number of benzene rings is 4. The first-order chi connectivity index (χ1) is 23.3. The fraction of sp³-hybridized carbons (Fsp3) is 0.278. The third-order valence-corrected chi connectivity index (χ3v) is 9.84. The minimum absolute atomic E-state index is 0.110. The van der Waals surface area contributed by atoms with E-state index in [0.29, 0.717) is 36.0 Å². The molecule has 0 aromatic heterocycles. The quantitative estimate of drug-likeness (QED) is 0.212. The molecule has 1 saturated heterocycles. The third-order valence-electron chi connectivity index (χ3n) is 7.93. The highest BCUT2D eigenvalue weighted by atomic mass is 32.2. The Hall–Kier alpha value is -4.91. The highest BCUT2D eigenvalue weighted by Crippen LogP contribution is 2.26. The van der Waals surface area contributed by atoms with Gasteiger partial charge in [-0.15, -0.1) is 0 Å². The molecule has 12 heteroatoms. The maximum atomic E-state index is 14.0. The number of carbonyl (C=O) groups excluding carboxylic acids is 2. The van der Waals surface area contributed by atoms with E-state index in [1.165, 1.54) is 33.5 Å². The van der Waals surface area contributed by atoms with Gasteiger partial charge in [-0.2, -0.15) is 4.31 Å². The number of hydrogen-bond acceptors (Lipinski definition) is 8. The molecule has 48 heavy (non-hydrogen) atoms. The van der Waals surface area contributed by atoms with Crippen LogP contribution in [0.4, 0.5) is 0 Å². The lowest BCUT2D eigenvalue weighted by molar-refractivity contribution is -0.143. The van der Waals surface area contributed by atoms with E-state index < -0.39 is 22.0 Å². The van der Waals surface area contributed by atoms with Gasteiger partial charge in [0.1, 0.15) is 23.3 Å². The van der Waals surface area contributed by atoms with Gasteiger partial charge < -0.3 is 29.2 Å². The van der Waals surface area contributed by atoms with Crippen LogP contribution in [0, 0.1) is 0 Å². The molecule has 0 radical (unpaired) electrons. The fourth-order valence-corrected chi connectivity index (χ4v) is 6.67. The first-order valence-corrected chi connectivity index (χ1v) is 16.9. The molecule has 4 aromatic rings. The summed E-state index contributed by atoms with van der Waals surface area (Å²) >= 11 is 0. The van der Waals surface area contributed by atoms with Crippen molar-refractivity contribution < 1.29 is 37.0 Å². The van der Waals surface area contributed by atoms with Crippen LogP contribution in [-0.4, -0.2) is 76.6 Å². The Morgan fingerprint density at radius 1 is 0.792 bits per heavy atom. The van der Waals surface area contributed by atoms with E-state index >= 15 is 0 Å². The molecule has 1 heterocycles. The number of morpholine rings is 1. The van der Waals surface area contributed by atoms with E-state index in [-0.39, 0.29) is 43.6 Å². The molecule has 0 saturated carbocycles. The van der Waals surface area contributed by atoms with E-state index in [2.05, 4.69) is 5.32 Å². The number of ether oxygens (including phenoxy) is 4. The molecule has 0 unspecified atom stereocenters. The zero-order valence-corrected chi connectivity index (χ0v) is 27.7. The molecular formula is C36H39N3O8S. The van der Waals surface area contributed by atoms with Crippen LogP contribution in [0.5, 0.6) is 17.2 Å². The second-order valence-corrected chi connectivity index (χ2v) is 13.0. The lowest BCUT2D eigenvalue weighted by Crippen LogP contribution is -2.45. The molecule has 4 aromatic carbocycles. The molecule has 1 atom stereocenters. The van der Waals surface area contributed by atoms with Crippen LogP contribution < -0.4 is 19.5 Å². The Morgan fingerprint density at radius 2 is 1.35 bits per heavy atom. The molecule has 0 aliphatic carbocycles. The Labute approximate surface area is 281 Å². The van der Waals surface area contributed by atoms with Crippen molar-refractivity contribution in [2.24, 2.45) is 0 Å². The molecule has 1 fully saturated rings. The molecule has 252 valence electrons. The number of carbonyl (C=O) groups is 2. The van der Waals surface area contributed by atoms with Gasteiger partial charge in [-0.05, 0) is 65.2 Å². The zero-order chi connectivity index (χ0) is 33.9. The summed E-state index contributed by atoms with van der Waals surface area (Å²) in [6, 6.07) is 28.7. The van der Waals surface area contributed by atoms with Gasteiger partial charge in [0.25, 0.3) is 5.91 Å². The van der Waals surface area contributed by atoms with Crippen molar-refractivity contribution in [1.29, 1.82) is 0 Å². The highest BCUT2D eigenvalue weighted by Gasteiger charge is 2.32. The van der Waals surface area contributed by atoms with E-state index in [0.717, 1.165) is 11.1 Å². The molecule has 2 amide bonds. The molecule has 1 N–H and O–H groups in total. The molecule has 0 spiro atoms. The van der Waals surface area contributed by atoms with Gasteiger partial charge >= 0.3 is 0 Å². The summed E-state index contributed by atoms with van der Waals surface area (Å²) in [5, 5.41) is 2.99. The number of nitrogens with one attached hydrogen (secondary N) is 1. The van der Waals surface area contributed by atoms with Gasteiger partial charge in [-0.1, -0.05) is 54.6 Å². The van der Waals surface area contributed by atoms with E-state index in [1.54, 1.807) is 38.5 Å². The molecule has 1 aliphatic heterocycles. The predicted octanol–water partition coefficient (Wildman–Crippen LogP) is 4.19. The fourth-order valence-electron chi connectivity index (χ4n) is 5.26. The summed E-state index contributed by atoms with van der Waals surface area (Å²) < 4.78 is 49.1. The summed E-state index contributed by atoms with van der Waals surface area (Å²) in [6.07, 6.45) is 0. The van der Waals surface area contributed by atoms with Gasteiger partial charge in [-0.3, -0.25) is 9.59 Å². The largest absolute Gasteiger partial charge is 0.497 e. The Kier molecular flexibility index (Phi) is 11.7. The number of nitrogens with zero attached hydrogens (tertiary/aromatic N) is 2. The van der Waals surface area contributed by atoms with Crippen LogP contribution >= 0.6 is 0 Å². The average molecular weight is 674 g/mol. The Bertz CT molecular complexity index is 1740. The molecule has 5 rings (SSSR count). The molecule has 11 nitrogen and oxygen atoms in total. The van der Waals surface area contributed by atoms with E-state index in [9.17, 15) is 18.0 Å². The van der Waals surface area contributed by atoms with Crippen LogP contribution in [0.2, 0.25) is 0 Å². The maximum Gasteiger partial charge on any atom is 0.261 e. The van der Waals surface area contributed by atoms with Gasteiger partial charge in [0.2, 0.25) is 15.9 Å². The SMILES string of the molecule is COc1ccc(CNC(=O)[C@@H](c2ccccc2)N(Cc2ccc(OC)cc2)C(=O)COc2ccc(S(=O)(=O)N3CCOCC3)cc2)cc1. The second kappa shape index (κ2) is 16.3. The van der Waals surface area contributed by atoms with Gasteiger partial charge in [0.05, 0.1) is 32.3 Å². The second-order valence-electron chi connectivity index (χ2n) is 11.0. The van der Waals surface area contributed by atoms with Gasteiger partial charge in [0.15, 0.2) is 6.61 Å². The van der Waals surface area contributed by atoms with Gasteiger partial charge in [0, 0.05) is 26.2 Å². The van der Waals surface area contributed by atoms with Crippen molar-refractivity contribution in [2.45, 2.75) is 24.0 Å². The average Bonchev–Trinajstić information content (AvgIpc) is 3.14. The third kappa shape index (κ3) is 8.71. The normalized spacial score (nSPS) is 14.0. The summed E-state index contributed by atoms with van der Waals surface area (Å²) in [7, 11) is -0.517. The van der Waals surface area contributed by atoms with Crippen molar-refractivity contribution in [3.63, 3.8) is 0 Å². The lowest BCUT2D eigenvalue weighted by Gasteiger charge is -2.31. The van der Waals surface area contributed by atoms with Crippen molar-refractivity contribution in [3.8, 4) is 17.2 Å². The van der Waals surface area contributed by atoms with Crippen molar-refractivity contribution >= 4 is 21.8 Å². The first-order valence-electron chi connectivity index (χ1n) is 15.5. The summed E-state index contributed by atoms with van der Waals surface area (Å²) in [5.74, 6) is 0.877. The maximum absolute atomic E-state index is 14.0. The standard InChI is InChI=1S/C36H39N3O8S/c1-44-30-12-8-27(9-13-30)24-37-36(41)35(29-6-4-3-5-7-29)39(25-28-10-14-31(45-2)15-11-28)34(40)26-47-32-16-18-33(19-17-32)48(42,43)38-20-22-46-23-21-38/h3-19,35H,20-26H2,1-2H3,(H,37,41)/t35-/m1/s1. The Balaban J connectivity index is 1.37. The van der Waals surface area contributed by atoms with Crippen molar-refractivity contribution in [1.82, 2.24) is 14.5 Å². The molecular weight excluding hydrogens is 634 g/mol. The smallest absolute Gasteiger partial charge is 0.261 e. The number of methoxy groups -OCH3 is 2. The first kappa shape index (κ1) is 34.4. The zero-order valence-electron chi connectivity index (χ0n) is 26.9. The summed E-state index contributed by atoms with van der Waals surface area (Å²) in [6.45, 7) is 1.23. The van der Waals surface area contributed by atoms with Crippen LogP contribution in [0.1, 0.15) is 22.7 Å². The van der Waals surface area contributed by atoms with Crippen LogP contribution in [-0.2, 0) is 37.4 Å². The minimum atomic E-state index is -3.68. The number of hydrogen-bond donors (Lipinski definition) is 1. The van der Waals surface area contributed by atoms with Crippen LogP contribution in [0.15, 0.2) is 108 Å². The number of amides is 2. The molecule has 1 aliphatic rings. The number of rotatable bonds is 14. The van der Waals surface area contributed by atoms with Crippen molar-refractivity contribution in [2.75, 3.05) is 47.1 Å². The summed E-state index contributed by atoms with van der Waals surface area (Å²) in [4.78, 5) is 29.6. The van der Waals surface area contributed by atoms with Gasteiger partial charge in [-0.25, -0.2) is 8.42 Å². The monoisotopic (exact) mass is 673 g/mol. The molecule has 0 bridgehead atoms. The topological polar surface area (TPSA) is 124 Å².